The lowest BCUT2D eigenvalue weighted by Gasteiger charge is -2.18. The number of halogens is 1. The summed E-state index contributed by atoms with van der Waals surface area (Å²) in [5.41, 5.74) is 0. The third-order valence-electron chi connectivity index (χ3n) is 1.97. The van der Waals surface area contributed by atoms with Crippen LogP contribution in [0.5, 0.6) is 0 Å². The van der Waals surface area contributed by atoms with Crippen LogP contribution in [-0.2, 0) is 0 Å². The van der Waals surface area contributed by atoms with Gasteiger partial charge in [0.05, 0.1) is 6.10 Å². The van der Waals surface area contributed by atoms with Crippen molar-refractivity contribution in [2.45, 2.75) is 18.9 Å². The van der Waals surface area contributed by atoms with Gasteiger partial charge in [0.2, 0.25) is 0 Å². The highest BCUT2D eigenvalue weighted by atomic mass is 35.5. The molecule has 0 aliphatic heterocycles. The largest absolute Gasteiger partial charge is 0.391 e. The molecule has 0 heterocycles. The lowest BCUT2D eigenvalue weighted by molar-refractivity contribution is 0.141. The summed E-state index contributed by atoms with van der Waals surface area (Å²) in [6, 6.07) is 0. The number of hydrogen-bond donors (Lipinski definition) is 1. The van der Waals surface area contributed by atoms with Crippen LogP contribution >= 0.6 is 11.6 Å². The maximum atomic E-state index is 9.19. The van der Waals surface area contributed by atoms with Crippen molar-refractivity contribution >= 4 is 11.6 Å². The quantitative estimate of drug-likeness (QED) is 0.632. The predicted molar refractivity (Wildman–Crippen MR) is 46.9 cm³/mol. The zero-order valence-corrected chi connectivity index (χ0v) is 7.72. The van der Waals surface area contributed by atoms with Gasteiger partial charge in [0.15, 0.2) is 0 Å². The topological polar surface area (TPSA) is 23.5 Å². The monoisotopic (exact) mass is 177 g/mol. The zero-order chi connectivity index (χ0) is 8.27. The molecule has 1 atom stereocenters. The smallest absolute Gasteiger partial charge is 0.0802 e. The van der Waals surface area contributed by atoms with E-state index in [0.717, 1.165) is 12.5 Å². The Morgan fingerprint density at radius 1 is 1.64 bits per heavy atom. The Kier molecular flexibility index (Phi) is 3.63. The third kappa shape index (κ3) is 3.94. The fourth-order valence-electron chi connectivity index (χ4n) is 1.22. The van der Waals surface area contributed by atoms with Gasteiger partial charge in [-0.15, -0.1) is 11.6 Å². The SMILES string of the molecule is CN(CC(O)CCl)CC1CC1. The van der Waals surface area contributed by atoms with Crippen molar-refractivity contribution in [1.29, 1.82) is 0 Å². The standard InChI is InChI=1S/C8H16ClNO/c1-10(5-7-2-3-7)6-8(11)4-9/h7-8,11H,2-6H2,1H3. The van der Waals surface area contributed by atoms with Crippen LogP contribution in [-0.4, -0.2) is 42.1 Å². The molecule has 0 amide bonds. The molecule has 1 saturated carbocycles. The maximum Gasteiger partial charge on any atom is 0.0802 e. The number of rotatable bonds is 5. The van der Waals surface area contributed by atoms with E-state index in [9.17, 15) is 5.11 Å². The molecule has 2 nitrogen and oxygen atoms in total. The number of hydrogen-bond acceptors (Lipinski definition) is 2. The third-order valence-corrected chi connectivity index (χ3v) is 2.32. The molecule has 0 bridgehead atoms. The molecular formula is C8H16ClNO. The normalized spacial score (nSPS) is 20.7. The molecule has 1 rings (SSSR count). The van der Waals surface area contributed by atoms with Crippen LogP contribution in [0.1, 0.15) is 12.8 Å². The first-order valence-electron chi connectivity index (χ1n) is 4.15. The summed E-state index contributed by atoms with van der Waals surface area (Å²) in [5.74, 6) is 1.23. The fourth-order valence-corrected chi connectivity index (χ4v) is 1.32. The summed E-state index contributed by atoms with van der Waals surface area (Å²) in [7, 11) is 2.04. The summed E-state index contributed by atoms with van der Waals surface area (Å²) in [4.78, 5) is 2.16. The lowest BCUT2D eigenvalue weighted by Crippen LogP contribution is -2.31. The van der Waals surface area contributed by atoms with E-state index in [0.29, 0.717) is 12.4 Å². The van der Waals surface area contributed by atoms with Crippen LogP contribution in [0.25, 0.3) is 0 Å². The highest BCUT2D eigenvalue weighted by Crippen LogP contribution is 2.29. The van der Waals surface area contributed by atoms with Gasteiger partial charge in [-0.2, -0.15) is 0 Å². The molecule has 0 spiro atoms. The molecule has 0 saturated heterocycles. The van der Waals surface area contributed by atoms with E-state index in [2.05, 4.69) is 4.90 Å². The Morgan fingerprint density at radius 2 is 2.27 bits per heavy atom. The van der Waals surface area contributed by atoms with Gasteiger partial charge in [0, 0.05) is 19.0 Å². The van der Waals surface area contributed by atoms with Crippen molar-refractivity contribution in [3.63, 3.8) is 0 Å². The zero-order valence-electron chi connectivity index (χ0n) is 6.96. The Bertz CT molecular complexity index is 117. The molecule has 11 heavy (non-hydrogen) atoms. The molecule has 1 fully saturated rings. The van der Waals surface area contributed by atoms with E-state index < -0.39 is 0 Å². The van der Waals surface area contributed by atoms with Crippen LogP contribution in [0.3, 0.4) is 0 Å². The fraction of sp³-hybridized carbons (Fsp3) is 1.00. The van der Waals surface area contributed by atoms with Gasteiger partial charge >= 0.3 is 0 Å². The number of aliphatic hydroxyl groups excluding tert-OH is 1. The van der Waals surface area contributed by atoms with E-state index in [-0.39, 0.29) is 6.10 Å². The summed E-state index contributed by atoms with van der Waals surface area (Å²) < 4.78 is 0. The van der Waals surface area contributed by atoms with Crippen LogP contribution in [0.4, 0.5) is 0 Å². The summed E-state index contributed by atoms with van der Waals surface area (Å²) in [5, 5.41) is 9.19. The van der Waals surface area contributed by atoms with Crippen LogP contribution in [0.2, 0.25) is 0 Å². The first kappa shape index (κ1) is 9.30. The summed E-state index contributed by atoms with van der Waals surface area (Å²) in [6.45, 7) is 1.83. The van der Waals surface area contributed by atoms with Gasteiger partial charge in [-0.25, -0.2) is 0 Å². The average Bonchev–Trinajstić information content (AvgIpc) is 2.71. The average molecular weight is 178 g/mol. The number of alkyl halides is 1. The van der Waals surface area contributed by atoms with Gasteiger partial charge in [0.25, 0.3) is 0 Å². The molecular weight excluding hydrogens is 162 g/mol. The summed E-state index contributed by atoms with van der Waals surface area (Å²) >= 11 is 5.47. The van der Waals surface area contributed by atoms with Crippen molar-refractivity contribution in [3.05, 3.63) is 0 Å². The van der Waals surface area contributed by atoms with Crippen LogP contribution in [0, 0.1) is 5.92 Å². The minimum atomic E-state index is -0.361. The summed E-state index contributed by atoms with van der Waals surface area (Å²) in [6.07, 6.45) is 2.36. The Hall–Kier alpha value is 0.210. The Morgan fingerprint density at radius 3 is 2.73 bits per heavy atom. The number of likely N-dealkylation sites (N-methyl/N-ethyl adjacent to an activating group) is 1. The molecule has 1 unspecified atom stereocenters. The van der Waals surface area contributed by atoms with Crippen molar-refractivity contribution in [2.24, 2.45) is 5.92 Å². The van der Waals surface area contributed by atoms with E-state index >= 15 is 0 Å². The van der Waals surface area contributed by atoms with Gasteiger partial charge in [-0.05, 0) is 25.8 Å². The van der Waals surface area contributed by atoms with Gasteiger partial charge in [-0.3, -0.25) is 0 Å². The van der Waals surface area contributed by atoms with E-state index in [1.165, 1.54) is 12.8 Å². The molecule has 0 aromatic rings. The highest BCUT2D eigenvalue weighted by molar-refractivity contribution is 6.18. The van der Waals surface area contributed by atoms with E-state index in [4.69, 9.17) is 11.6 Å². The Labute approximate surface area is 73.1 Å². The van der Waals surface area contributed by atoms with Crippen molar-refractivity contribution in [2.75, 3.05) is 26.0 Å². The van der Waals surface area contributed by atoms with Crippen molar-refractivity contribution in [3.8, 4) is 0 Å². The molecule has 1 aliphatic rings. The van der Waals surface area contributed by atoms with E-state index in [1.54, 1.807) is 0 Å². The second-order valence-electron chi connectivity index (χ2n) is 3.47. The molecule has 0 aromatic heterocycles. The molecule has 1 N–H and O–H groups in total. The van der Waals surface area contributed by atoms with Gasteiger partial charge in [0.1, 0.15) is 0 Å². The molecule has 0 aromatic carbocycles. The first-order valence-corrected chi connectivity index (χ1v) is 4.68. The number of nitrogens with zero attached hydrogens (tertiary/aromatic N) is 1. The van der Waals surface area contributed by atoms with Crippen LogP contribution < -0.4 is 0 Å². The second-order valence-corrected chi connectivity index (χ2v) is 3.78. The minimum absolute atomic E-state index is 0.342. The van der Waals surface area contributed by atoms with Crippen molar-refractivity contribution < 1.29 is 5.11 Å². The van der Waals surface area contributed by atoms with E-state index in [1.807, 2.05) is 7.05 Å². The van der Waals surface area contributed by atoms with Crippen LogP contribution in [0.15, 0.2) is 0 Å². The lowest BCUT2D eigenvalue weighted by atomic mass is 10.3. The number of aliphatic hydroxyl groups is 1. The molecule has 3 heteroatoms. The molecule has 0 radical (unpaired) electrons. The van der Waals surface area contributed by atoms with Gasteiger partial charge < -0.3 is 10.0 Å². The molecule has 1 aliphatic carbocycles. The minimum Gasteiger partial charge on any atom is -0.391 e. The van der Waals surface area contributed by atoms with Gasteiger partial charge in [-0.1, -0.05) is 0 Å². The second kappa shape index (κ2) is 4.29. The first-order chi connectivity index (χ1) is 5.22. The predicted octanol–water partition coefficient (Wildman–Crippen LogP) is 0.928. The van der Waals surface area contributed by atoms with Crippen molar-refractivity contribution in [1.82, 2.24) is 4.90 Å². The maximum absolute atomic E-state index is 9.19. The highest BCUT2D eigenvalue weighted by Gasteiger charge is 2.23. The molecule has 66 valence electrons. The Balaban J connectivity index is 2.03.